The van der Waals surface area contributed by atoms with E-state index in [4.69, 9.17) is 16.6 Å². The molecule has 0 bridgehead atoms. The first-order valence-electron chi connectivity index (χ1n) is 11.3. The van der Waals surface area contributed by atoms with Gasteiger partial charge in [0.2, 0.25) is 0 Å². The van der Waals surface area contributed by atoms with Gasteiger partial charge in [-0.05, 0) is 43.2 Å². The molecule has 7 nitrogen and oxygen atoms in total. The van der Waals surface area contributed by atoms with E-state index in [0.29, 0.717) is 10.7 Å². The Bertz CT molecular complexity index is 1560. The third-order valence-corrected chi connectivity index (χ3v) is 7.14. The van der Waals surface area contributed by atoms with Crippen molar-refractivity contribution in [3.63, 3.8) is 0 Å². The molecule has 0 aliphatic heterocycles. The highest BCUT2D eigenvalue weighted by atomic mass is 35.5. The zero-order chi connectivity index (χ0) is 24.4. The fraction of sp³-hybridized carbons (Fsp3) is 0.192. The molecule has 178 valence electrons. The Morgan fingerprint density at radius 3 is 2.54 bits per heavy atom. The lowest BCUT2D eigenvalue weighted by Crippen LogP contribution is -2.20. The summed E-state index contributed by atoms with van der Waals surface area (Å²) in [5.41, 5.74) is 4.04. The number of hydrogen-bond acceptors (Lipinski definition) is 4. The molecule has 0 aliphatic rings. The third kappa shape index (κ3) is 4.67. The van der Waals surface area contributed by atoms with E-state index in [1.807, 2.05) is 85.8 Å². The van der Waals surface area contributed by atoms with Crippen molar-refractivity contribution in [3.05, 3.63) is 105 Å². The second kappa shape index (κ2) is 9.93. The van der Waals surface area contributed by atoms with E-state index < -0.39 is 0 Å². The Balaban J connectivity index is 1.59. The zero-order valence-electron chi connectivity index (χ0n) is 19.5. The van der Waals surface area contributed by atoms with Gasteiger partial charge in [-0.3, -0.25) is 9.48 Å². The largest absolute Gasteiger partial charge is 0.337 e. The summed E-state index contributed by atoms with van der Waals surface area (Å²) in [4.78, 5) is 23.2. The summed E-state index contributed by atoms with van der Waals surface area (Å²) in [6.45, 7) is 3.52. The van der Waals surface area contributed by atoms with Gasteiger partial charge in [-0.2, -0.15) is 0 Å². The van der Waals surface area contributed by atoms with Crippen LogP contribution in [0.3, 0.4) is 0 Å². The smallest absolute Gasteiger partial charge is 0.297 e. The number of benzene rings is 2. The lowest BCUT2D eigenvalue weighted by molar-refractivity contribution is 0.559. The molecule has 0 unspecified atom stereocenters. The first-order chi connectivity index (χ1) is 17.0. The van der Waals surface area contributed by atoms with Gasteiger partial charge in [0.05, 0.1) is 23.4 Å². The fourth-order valence-corrected chi connectivity index (χ4v) is 5.16. The highest BCUT2D eigenvalue weighted by Gasteiger charge is 2.17. The maximum Gasteiger partial charge on any atom is 0.297 e. The number of para-hydroxylation sites is 1. The highest BCUT2D eigenvalue weighted by molar-refractivity contribution is 7.07. The molecule has 0 fully saturated rings. The SMILES string of the molecule is Cc1c(N=c2scc(-c3ccc(Cl)cc3)n2CCCn2ccnc2)c(=O)n(-c2ccccc2)n1C. The minimum Gasteiger partial charge on any atom is -0.337 e. The highest BCUT2D eigenvalue weighted by Crippen LogP contribution is 2.24. The van der Waals surface area contributed by atoms with E-state index in [1.54, 1.807) is 10.9 Å². The van der Waals surface area contributed by atoms with Crippen molar-refractivity contribution in [1.29, 1.82) is 0 Å². The van der Waals surface area contributed by atoms with E-state index in [1.165, 1.54) is 11.3 Å². The summed E-state index contributed by atoms with van der Waals surface area (Å²) >= 11 is 7.66. The molecule has 5 aromatic rings. The molecule has 0 N–H and O–H groups in total. The number of hydrogen-bond donors (Lipinski definition) is 0. The summed E-state index contributed by atoms with van der Waals surface area (Å²) in [6.07, 6.45) is 6.46. The van der Waals surface area contributed by atoms with Crippen molar-refractivity contribution in [2.45, 2.75) is 26.4 Å². The normalized spacial score (nSPS) is 11.9. The van der Waals surface area contributed by atoms with Crippen molar-refractivity contribution in [3.8, 4) is 16.9 Å². The van der Waals surface area contributed by atoms with Gasteiger partial charge in [0, 0.05) is 42.9 Å². The average Bonchev–Trinajstić information content (AvgIpc) is 3.58. The Labute approximate surface area is 211 Å². The molecule has 0 spiro atoms. The van der Waals surface area contributed by atoms with Crippen LogP contribution < -0.4 is 10.4 Å². The van der Waals surface area contributed by atoms with Gasteiger partial charge in [-0.1, -0.05) is 41.9 Å². The minimum absolute atomic E-state index is 0.136. The van der Waals surface area contributed by atoms with Crippen molar-refractivity contribution in [2.24, 2.45) is 12.0 Å². The van der Waals surface area contributed by atoms with Gasteiger partial charge >= 0.3 is 0 Å². The number of aryl methyl sites for hydroxylation is 1. The zero-order valence-corrected chi connectivity index (χ0v) is 21.1. The van der Waals surface area contributed by atoms with Crippen LogP contribution in [0.25, 0.3) is 16.9 Å². The fourth-order valence-electron chi connectivity index (χ4n) is 4.10. The van der Waals surface area contributed by atoms with E-state index in [9.17, 15) is 4.79 Å². The molecule has 0 saturated heterocycles. The van der Waals surface area contributed by atoms with Crippen LogP contribution in [0.1, 0.15) is 12.1 Å². The second-order valence-electron chi connectivity index (χ2n) is 8.24. The lowest BCUT2D eigenvalue weighted by atomic mass is 10.2. The molecule has 2 aromatic carbocycles. The van der Waals surface area contributed by atoms with E-state index >= 15 is 0 Å². The standard InChI is InChI=1S/C26H25ClN6OS/c1-19-24(25(34)33(30(19)2)22-7-4-3-5-8-22)29-26-32(15-6-14-31-16-13-28-18-31)23(17-35-26)20-9-11-21(27)12-10-20/h3-5,7-13,16-18H,6,14-15H2,1-2H3. The monoisotopic (exact) mass is 504 g/mol. The van der Waals surface area contributed by atoms with E-state index in [2.05, 4.69) is 19.5 Å². The lowest BCUT2D eigenvalue weighted by Gasteiger charge is -2.10. The van der Waals surface area contributed by atoms with E-state index in [0.717, 1.165) is 47.0 Å². The first-order valence-corrected chi connectivity index (χ1v) is 12.6. The predicted molar refractivity (Wildman–Crippen MR) is 141 cm³/mol. The number of halogens is 1. The number of rotatable bonds is 7. The summed E-state index contributed by atoms with van der Waals surface area (Å²) in [6, 6.07) is 17.4. The molecule has 0 saturated carbocycles. The van der Waals surface area contributed by atoms with Gasteiger partial charge in [-0.15, -0.1) is 11.3 Å². The molecule has 9 heteroatoms. The van der Waals surface area contributed by atoms with Crippen LogP contribution in [0.2, 0.25) is 5.02 Å². The quantitative estimate of drug-likeness (QED) is 0.306. The maximum atomic E-state index is 13.4. The van der Waals surface area contributed by atoms with Crippen molar-refractivity contribution < 1.29 is 0 Å². The molecule has 0 amide bonds. The minimum atomic E-state index is -0.136. The topological polar surface area (TPSA) is 62.0 Å². The molecular weight excluding hydrogens is 480 g/mol. The first kappa shape index (κ1) is 23.1. The summed E-state index contributed by atoms with van der Waals surface area (Å²) in [5.74, 6) is 0. The maximum absolute atomic E-state index is 13.4. The molecular formula is C26H25ClN6OS. The van der Waals surface area contributed by atoms with Gasteiger partial charge < -0.3 is 9.13 Å². The number of thiazole rings is 1. The predicted octanol–water partition coefficient (Wildman–Crippen LogP) is 5.19. The Kier molecular flexibility index (Phi) is 6.57. The van der Waals surface area contributed by atoms with Crippen LogP contribution in [-0.2, 0) is 20.1 Å². The molecule has 0 aliphatic carbocycles. The van der Waals surface area contributed by atoms with Crippen LogP contribution in [0.15, 0.2) is 88.5 Å². The van der Waals surface area contributed by atoms with Crippen molar-refractivity contribution in [1.82, 2.24) is 23.5 Å². The van der Waals surface area contributed by atoms with Gasteiger partial charge in [0.25, 0.3) is 5.56 Å². The van der Waals surface area contributed by atoms with Gasteiger partial charge in [0.1, 0.15) is 0 Å². The summed E-state index contributed by atoms with van der Waals surface area (Å²) < 4.78 is 7.76. The second-order valence-corrected chi connectivity index (χ2v) is 9.51. The van der Waals surface area contributed by atoms with Crippen LogP contribution >= 0.6 is 22.9 Å². The van der Waals surface area contributed by atoms with Crippen LogP contribution in [0, 0.1) is 6.92 Å². The Morgan fingerprint density at radius 2 is 1.83 bits per heavy atom. The third-order valence-electron chi connectivity index (χ3n) is 6.03. The molecule has 5 rings (SSSR count). The molecule has 3 aromatic heterocycles. The van der Waals surface area contributed by atoms with Crippen molar-refractivity contribution in [2.75, 3.05) is 0 Å². The van der Waals surface area contributed by atoms with Crippen LogP contribution in [0.4, 0.5) is 5.69 Å². The molecule has 0 atom stereocenters. The Hall–Kier alpha value is -3.62. The van der Waals surface area contributed by atoms with Crippen LogP contribution in [-0.4, -0.2) is 23.5 Å². The summed E-state index contributed by atoms with van der Waals surface area (Å²) in [5, 5.41) is 2.79. The molecule has 0 radical (unpaired) electrons. The van der Waals surface area contributed by atoms with Gasteiger partial charge in [-0.25, -0.2) is 14.7 Å². The number of imidazole rings is 1. The summed E-state index contributed by atoms with van der Waals surface area (Å²) in [7, 11) is 1.88. The molecule has 35 heavy (non-hydrogen) atoms. The number of nitrogens with zero attached hydrogens (tertiary/aromatic N) is 6. The Morgan fingerprint density at radius 1 is 1.06 bits per heavy atom. The molecule has 3 heterocycles. The van der Waals surface area contributed by atoms with Crippen molar-refractivity contribution >= 4 is 28.6 Å². The van der Waals surface area contributed by atoms with Crippen LogP contribution in [0.5, 0.6) is 0 Å². The number of aromatic nitrogens is 5. The van der Waals surface area contributed by atoms with Gasteiger partial charge in [0.15, 0.2) is 10.5 Å². The average molecular weight is 505 g/mol. The van der Waals surface area contributed by atoms with E-state index in [-0.39, 0.29) is 5.56 Å².